The lowest BCUT2D eigenvalue weighted by Gasteiger charge is -2.40. The molecule has 0 bridgehead atoms. The molecule has 9 nitrogen and oxygen atoms in total. The van der Waals surface area contributed by atoms with E-state index < -0.39 is 5.25 Å². The molecule has 0 aliphatic carbocycles. The molecule has 4 amide bonds. The first-order valence-corrected chi connectivity index (χ1v) is 17.5. The Hall–Kier alpha value is -3.31. The first-order chi connectivity index (χ1) is 22.0. The number of hydrogen-bond acceptors (Lipinski definition) is 6. The van der Waals surface area contributed by atoms with Crippen molar-refractivity contribution in [2.75, 3.05) is 63.1 Å². The van der Waals surface area contributed by atoms with Crippen molar-refractivity contribution in [3.8, 4) is 0 Å². The quantitative estimate of drug-likeness (QED) is 0.434. The number of piperazine rings is 1. The summed E-state index contributed by atoms with van der Waals surface area (Å²) in [6.07, 6.45) is 2.32. The van der Waals surface area contributed by atoms with Crippen molar-refractivity contribution in [1.82, 2.24) is 19.6 Å². The molecule has 0 spiro atoms. The van der Waals surface area contributed by atoms with E-state index >= 15 is 0 Å². The van der Waals surface area contributed by atoms with Gasteiger partial charge in [0, 0.05) is 81.8 Å². The van der Waals surface area contributed by atoms with Gasteiger partial charge in [0.25, 0.3) is 0 Å². The van der Waals surface area contributed by atoms with Gasteiger partial charge in [-0.2, -0.15) is 0 Å². The van der Waals surface area contributed by atoms with Crippen molar-refractivity contribution in [2.45, 2.75) is 69.7 Å². The SMILES string of the molecule is CN1CCN(c2ccc(F)cc2C2SC(CC(=O)N3CCC(N4Cc5ccccc5NC4=O)CC3)C(=O)N2CCC(C)(C)C)CC1. The lowest BCUT2D eigenvalue weighted by atomic mass is 9.92. The Bertz CT molecular complexity index is 1450. The van der Waals surface area contributed by atoms with E-state index in [0.29, 0.717) is 39.0 Å². The Labute approximate surface area is 276 Å². The van der Waals surface area contributed by atoms with E-state index in [-0.39, 0.29) is 46.9 Å². The maximum Gasteiger partial charge on any atom is 0.322 e. The number of anilines is 2. The number of likely N-dealkylation sites (tertiary alicyclic amines) is 1. The molecule has 0 radical (unpaired) electrons. The van der Waals surface area contributed by atoms with Gasteiger partial charge in [-0.3, -0.25) is 9.59 Å². The molecular formula is C35H47FN6O3S. The standard InChI is InChI=1S/C35H47FN6O3S/c1-35(2,3)13-16-41-32(44)30(46-33(41)27-21-25(36)9-10-29(27)39-19-17-38(4)18-20-39)22-31(43)40-14-11-26(12-15-40)42-23-24-7-5-6-8-28(24)37-34(42)45/h5-10,21,26,30,33H,11-20,22-23H2,1-4H3,(H,37,45). The zero-order chi connectivity index (χ0) is 32.6. The van der Waals surface area contributed by atoms with Crippen LogP contribution in [0, 0.1) is 11.2 Å². The maximum absolute atomic E-state index is 14.8. The highest BCUT2D eigenvalue weighted by molar-refractivity contribution is 8.01. The lowest BCUT2D eigenvalue weighted by Crippen LogP contribution is -2.51. The van der Waals surface area contributed by atoms with Gasteiger partial charge in [-0.25, -0.2) is 9.18 Å². The molecule has 2 aromatic rings. The van der Waals surface area contributed by atoms with Crippen molar-refractivity contribution in [3.63, 3.8) is 0 Å². The highest BCUT2D eigenvalue weighted by Gasteiger charge is 2.44. The van der Waals surface area contributed by atoms with Crippen molar-refractivity contribution in [3.05, 3.63) is 59.4 Å². The van der Waals surface area contributed by atoms with Crippen LogP contribution in [-0.2, 0) is 16.1 Å². The van der Waals surface area contributed by atoms with Crippen LogP contribution in [0.3, 0.4) is 0 Å². The van der Waals surface area contributed by atoms with Crippen LogP contribution in [0.2, 0.25) is 0 Å². The van der Waals surface area contributed by atoms with Crippen LogP contribution in [0.1, 0.15) is 63.0 Å². The van der Waals surface area contributed by atoms with Gasteiger partial charge in [0.05, 0.1) is 5.25 Å². The second kappa shape index (κ2) is 13.4. The summed E-state index contributed by atoms with van der Waals surface area (Å²) >= 11 is 1.49. The van der Waals surface area contributed by atoms with E-state index in [2.05, 4.69) is 42.9 Å². The molecule has 2 atom stereocenters. The minimum absolute atomic E-state index is 0.0172. The highest BCUT2D eigenvalue weighted by Crippen LogP contribution is 2.48. The number of para-hydroxylation sites is 1. The van der Waals surface area contributed by atoms with Crippen LogP contribution in [0.15, 0.2) is 42.5 Å². The molecule has 0 aromatic heterocycles. The van der Waals surface area contributed by atoms with Gasteiger partial charge < -0.3 is 29.8 Å². The number of hydrogen-bond donors (Lipinski definition) is 1. The number of nitrogens with zero attached hydrogens (tertiary/aromatic N) is 5. The normalized spacial score (nSPS) is 23.2. The van der Waals surface area contributed by atoms with Gasteiger partial charge in [0.1, 0.15) is 11.2 Å². The number of likely N-dealkylation sites (N-methyl/N-ethyl adjacent to an activating group) is 1. The Morgan fingerprint density at radius 3 is 2.43 bits per heavy atom. The lowest BCUT2D eigenvalue weighted by molar-refractivity contribution is -0.137. The number of fused-ring (bicyclic) bond motifs is 1. The van der Waals surface area contributed by atoms with E-state index in [1.165, 1.54) is 17.8 Å². The number of carbonyl (C=O) groups is 3. The zero-order valence-corrected chi connectivity index (χ0v) is 28.3. The summed E-state index contributed by atoms with van der Waals surface area (Å²) in [6, 6.07) is 12.8. The molecule has 3 saturated heterocycles. The van der Waals surface area contributed by atoms with E-state index in [1.807, 2.05) is 45.0 Å². The van der Waals surface area contributed by atoms with Crippen LogP contribution in [0.25, 0.3) is 0 Å². The molecule has 4 aliphatic rings. The molecule has 2 unspecified atom stereocenters. The molecule has 3 fully saturated rings. The Kier molecular flexibility index (Phi) is 9.53. The van der Waals surface area contributed by atoms with Gasteiger partial charge in [-0.05, 0) is 61.6 Å². The van der Waals surface area contributed by atoms with Gasteiger partial charge >= 0.3 is 6.03 Å². The molecule has 1 N–H and O–H groups in total. The molecule has 4 aliphatic heterocycles. The van der Waals surface area contributed by atoms with Crippen LogP contribution >= 0.6 is 11.8 Å². The molecule has 2 aromatic carbocycles. The van der Waals surface area contributed by atoms with Crippen LogP contribution < -0.4 is 10.2 Å². The molecular weight excluding hydrogens is 603 g/mol. The van der Waals surface area contributed by atoms with E-state index in [9.17, 15) is 18.8 Å². The second-order valence-electron chi connectivity index (χ2n) is 14.3. The first-order valence-electron chi connectivity index (χ1n) is 16.6. The number of amides is 4. The number of halogens is 1. The first kappa shape index (κ1) is 32.6. The fraction of sp³-hybridized carbons (Fsp3) is 0.571. The Balaban J connectivity index is 1.14. The minimum atomic E-state index is -0.525. The van der Waals surface area contributed by atoms with Crippen molar-refractivity contribution in [1.29, 1.82) is 0 Å². The number of rotatable bonds is 7. The number of nitrogens with one attached hydrogen (secondary N) is 1. The van der Waals surface area contributed by atoms with Gasteiger partial charge in [0.15, 0.2) is 0 Å². The smallest absolute Gasteiger partial charge is 0.322 e. The number of urea groups is 1. The van der Waals surface area contributed by atoms with Crippen molar-refractivity contribution < 1.29 is 18.8 Å². The number of piperidine rings is 1. The highest BCUT2D eigenvalue weighted by atomic mass is 32.2. The van der Waals surface area contributed by atoms with E-state index in [1.54, 1.807) is 6.07 Å². The summed E-state index contributed by atoms with van der Waals surface area (Å²) < 4.78 is 14.8. The minimum Gasteiger partial charge on any atom is -0.369 e. The Morgan fingerprint density at radius 1 is 1.00 bits per heavy atom. The monoisotopic (exact) mass is 650 g/mol. The predicted octanol–water partition coefficient (Wildman–Crippen LogP) is 5.39. The average molecular weight is 651 g/mol. The molecule has 46 heavy (non-hydrogen) atoms. The number of thioether (sulfide) groups is 1. The number of benzene rings is 2. The molecule has 248 valence electrons. The topological polar surface area (TPSA) is 79.4 Å². The summed E-state index contributed by atoms with van der Waals surface area (Å²) in [6.45, 7) is 12.2. The zero-order valence-electron chi connectivity index (χ0n) is 27.5. The number of carbonyl (C=O) groups excluding carboxylic acids is 3. The second-order valence-corrected chi connectivity index (χ2v) is 15.6. The van der Waals surface area contributed by atoms with Gasteiger partial charge in [-0.15, -0.1) is 11.8 Å². The average Bonchev–Trinajstić information content (AvgIpc) is 3.34. The van der Waals surface area contributed by atoms with Crippen molar-refractivity contribution in [2.24, 2.45) is 5.41 Å². The molecule has 0 saturated carbocycles. The third-order valence-corrected chi connectivity index (χ3v) is 11.3. The summed E-state index contributed by atoms with van der Waals surface area (Å²) in [5, 5.41) is 2.12. The van der Waals surface area contributed by atoms with E-state index in [4.69, 9.17) is 0 Å². The third-order valence-electron chi connectivity index (χ3n) is 9.82. The van der Waals surface area contributed by atoms with Crippen LogP contribution in [0.4, 0.5) is 20.6 Å². The van der Waals surface area contributed by atoms with Gasteiger partial charge in [-0.1, -0.05) is 39.0 Å². The predicted molar refractivity (Wildman–Crippen MR) is 181 cm³/mol. The summed E-state index contributed by atoms with van der Waals surface area (Å²) in [4.78, 5) is 50.7. The third kappa shape index (κ3) is 7.15. The fourth-order valence-corrected chi connectivity index (χ4v) is 8.43. The van der Waals surface area contributed by atoms with Crippen LogP contribution in [-0.4, -0.2) is 102 Å². The summed E-state index contributed by atoms with van der Waals surface area (Å²) in [5.41, 5.74) is 3.76. The fourth-order valence-electron chi connectivity index (χ4n) is 6.94. The summed E-state index contributed by atoms with van der Waals surface area (Å²) in [7, 11) is 2.11. The molecule has 4 heterocycles. The van der Waals surface area contributed by atoms with Crippen molar-refractivity contribution >= 4 is 41.0 Å². The maximum atomic E-state index is 14.8. The Morgan fingerprint density at radius 2 is 1.72 bits per heavy atom. The molecule has 6 rings (SSSR count). The van der Waals surface area contributed by atoms with Gasteiger partial charge in [0.2, 0.25) is 11.8 Å². The van der Waals surface area contributed by atoms with Crippen LogP contribution in [0.5, 0.6) is 0 Å². The van der Waals surface area contributed by atoms with E-state index in [0.717, 1.165) is 55.1 Å². The molecule has 11 heteroatoms. The summed E-state index contributed by atoms with van der Waals surface area (Å²) in [5.74, 6) is -0.391. The largest absolute Gasteiger partial charge is 0.369 e.